The number of aliphatic carboxylic acids is 1. The van der Waals surface area contributed by atoms with Crippen LogP contribution in [0.15, 0.2) is 16.7 Å². The molecule has 3 rings (SSSR count). The average Bonchev–Trinajstić information content (AvgIpc) is 2.93. The number of hydrogen-bond acceptors (Lipinski definition) is 4. The van der Waals surface area contributed by atoms with Gasteiger partial charge in [-0.25, -0.2) is 14.8 Å². The Hall–Kier alpha value is -1.47. The molecule has 1 aliphatic rings. The first-order valence-electron chi connectivity index (χ1n) is 5.53. The van der Waals surface area contributed by atoms with Gasteiger partial charge in [0.1, 0.15) is 11.9 Å². The third-order valence-electron chi connectivity index (χ3n) is 2.92. The molecule has 2 aromatic heterocycles. The average molecular weight is 312 g/mol. The molecule has 1 fully saturated rings. The molecule has 0 aliphatic carbocycles. The monoisotopic (exact) mass is 311 g/mol. The molecule has 0 bridgehead atoms. The highest BCUT2D eigenvalue weighted by molar-refractivity contribution is 9.10. The van der Waals surface area contributed by atoms with Crippen molar-refractivity contribution in [2.45, 2.75) is 25.0 Å². The number of aromatic amines is 1. The predicted molar refractivity (Wildman–Crippen MR) is 66.1 cm³/mol. The standard InChI is InChI=1S/C11H10BrN3O3/c12-5-3-6-9(13-4-5)15-10(14-6)7-1-2-8(18-7)11(16)17/h3-4,7-8H,1-2H2,(H,16,17)(H,13,14,15). The Morgan fingerprint density at radius 1 is 1.56 bits per heavy atom. The molecule has 0 saturated carbocycles. The van der Waals surface area contributed by atoms with E-state index in [-0.39, 0.29) is 6.10 Å². The molecular formula is C11H10BrN3O3. The lowest BCUT2D eigenvalue weighted by atomic mass is 10.2. The molecule has 2 unspecified atom stereocenters. The van der Waals surface area contributed by atoms with E-state index in [1.807, 2.05) is 6.07 Å². The SMILES string of the molecule is O=C(O)C1CCC(c2nc3ncc(Br)cc3[nH]2)O1. The molecular weight excluding hydrogens is 302 g/mol. The van der Waals surface area contributed by atoms with Crippen LogP contribution in [0.5, 0.6) is 0 Å². The Bertz CT molecular complexity index is 613. The van der Waals surface area contributed by atoms with Gasteiger partial charge in [-0.2, -0.15) is 0 Å². The number of halogens is 1. The zero-order valence-electron chi connectivity index (χ0n) is 9.26. The maximum Gasteiger partial charge on any atom is 0.332 e. The van der Waals surface area contributed by atoms with Crippen LogP contribution in [0.4, 0.5) is 0 Å². The molecule has 2 N–H and O–H groups in total. The highest BCUT2D eigenvalue weighted by atomic mass is 79.9. The topological polar surface area (TPSA) is 88.1 Å². The third kappa shape index (κ3) is 1.99. The second-order valence-electron chi connectivity index (χ2n) is 4.18. The fourth-order valence-corrected chi connectivity index (χ4v) is 2.40. The minimum absolute atomic E-state index is 0.293. The lowest BCUT2D eigenvalue weighted by molar-refractivity contribution is -0.149. The van der Waals surface area contributed by atoms with Gasteiger partial charge >= 0.3 is 5.97 Å². The van der Waals surface area contributed by atoms with Crippen LogP contribution in [0, 0.1) is 0 Å². The number of carbonyl (C=O) groups is 1. The van der Waals surface area contributed by atoms with Gasteiger partial charge in [-0.3, -0.25) is 0 Å². The van der Waals surface area contributed by atoms with Gasteiger partial charge in [0.2, 0.25) is 0 Å². The van der Waals surface area contributed by atoms with Crippen LogP contribution < -0.4 is 0 Å². The molecule has 1 aliphatic heterocycles. The second kappa shape index (κ2) is 4.33. The zero-order chi connectivity index (χ0) is 12.7. The fraction of sp³-hybridized carbons (Fsp3) is 0.364. The number of pyridine rings is 1. The van der Waals surface area contributed by atoms with E-state index in [0.717, 1.165) is 9.99 Å². The number of H-pyrrole nitrogens is 1. The summed E-state index contributed by atoms with van der Waals surface area (Å²) in [7, 11) is 0. The molecule has 0 aromatic carbocycles. The van der Waals surface area contributed by atoms with Crippen LogP contribution in [-0.2, 0) is 9.53 Å². The molecule has 0 radical (unpaired) electrons. The largest absolute Gasteiger partial charge is 0.479 e. The molecule has 0 spiro atoms. The van der Waals surface area contributed by atoms with E-state index in [1.54, 1.807) is 6.20 Å². The van der Waals surface area contributed by atoms with Gasteiger partial charge in [0.25, 0.3) is 0 Å². The zero-order valence-corrected chi connectivity index (χ0v) is 10.8. The number of nitrogens with zero attached hydrogens (tertiary/aromatic N) is 2. The van der Waals surface area contributed by atoms with E-state index in [1.165, 1.54) is 0 Å². The summed E-state index contributed by atoms with van der Waals surface area (Å²) in [5.74, 6) is -0.283. The van der Waals surface area contributed by atoms with Gasteiger partial charge in [-0.15, -0.1) is 0 Å². The van der Waals surface area contributed by atoms with Gasteiger partial charge in [0.15, 0.2) is 11.8 Å². The van der Waals surface area contributed by atoms with Crippen molar-refractivity contribution in [3.8, 4) is 0 Å². The molecule has 18 heavy (non-hydrogen) atoms. The van der Waals surface area contributed by atoms with E-state index < -0.39 is 12.1 Å². The summed E-state index contributed by atoms with van der Waals surface area (Å²) in [4.78, 5) is 22.4. The third-order valence-corrected chi connectivity index (χ3v) is 3.36. The second-order valence-corrected chi connectivity index (χ2v) is 5.09. The van der Waals surface area contributed by atoms with Gasteiger partial charge in [0, 0.05) is 10.7 Å². The number of ether oxygens (including phenoxy) is 1. The number of carboxylic acids is 1. The van der Waals surface area contributed by atoms with Crippen LogP contribution in [0.25, 0.3) is 11.2 Å². The van der Waals surface area contributed by atoms with Gasteiger partial charge in [0.05, 0.1) is 5.52 Å². The summed E-state index contributed by atoms with van der Waals surface area (Å²) in [5, 5.41) is 8.88. The van der Waals surface area contributed by atoms with Crippen LogP contribution in [0.2, 0.25) is 0 Å². The summed E-state index contributed by atoms with van der Waals surface area (Å²) in [6.45, 7) is 0. The summed E-state index contributed by atoms with van der Waals surface area (Å²) < 4.78 is 6.30. The van der Waals surface area contributed by atoms with Crippen LogP contribution in [0.3, 0.4) is 0 Å². The fourth-order valence-electron chi connectivity index (χ4n) is 2.07. The Labute approximate surface area is 111 Å². The van der Waals surface area contributed by atoms with Crippen LogP contribution in [0.1, 0.15) is 24.8 Å². The number of fused-ring (bicyclic) bond motifs is 1. The highest BCUT2D eigenvalue weighted by Crippen LogP contribution is 2.32. The van der Waals surface area contributed by atoms with Gasteiger partial charge in [-0.1, -0.05) is 0 Å². The van der Waals surface area contributed by atoms with E-state index in [0.29, 0.717) is 24.3 Å². The van der Waals surface area contributed by atoms with Crippen molar-refractivity contribution in [2.24, 2.45) is 0 Å². The van der Waals surface area contributed by atoms with Crippen molar-refractivity contribution < 1.29 is 14.6 Å². The van der Waals surface area contributed by atoms with Gasteiger partial charge in [-0.05, 0) is 34.8 Å². The van der Waals surface area contributed by atoms with E-state index in [4.69, 9.17) is 9.84 Å². The molecule has 0 amide bonds. The maximum absolute atomic E-state index is 10.8. The summed E-state index contributed by atoms with van der Waals surface area (Å²) >= 11 is 3.33. The Kier molecular flexibility index (Phi) is 2.79. The number of rotatable bonds is 2. The van der Waals surface area contributed by atoms with Crippen molar-refractivity contribution in [3.63, 3.8) is 0 Å². The maximum atomic E-state index is 10.8. The van der Waals surface area contributed by atoms with Crippen LogP contribution in [-0.4, -0.2) is 32.1 Å². The summed E-state index contributed by atoms with van der Waals surface area (Å²) in [6.07, 6.45) is 1.80. The Morgan fingerprint density at radius 2 is 2.39 bits per heavy atom. The normalized spacial score (nSPS) is 23.6. The van der Waals surface area contributed by atoms with Crippen molar-refractivity contribution in [1.82, 2.24) is 15.0 Å². The first-order chi connectivity index (χ1) is 8.63. The first kappa shape index (κ1) is 11.6. The molecule has 2 atom stereocenters. The van der Waals surface area contributed by atoms with E-state index >= 15 is 0 Å². The van der Waals surface area contributed by atoms with Gasteiger partial charge < -0.3 is 14.8 Å². The molecule has 3 heterocycles. The highest BCUT2D eigenvalue weighted by Gasteiger charge is 2.33. The minimum Gasteiger partial charge on any atom is -0.479 e. The molecule has 94 valence electrons. The smallest absolute Gasteiger partial charge is 0.332 e. The lowest BCUT2D eigenvalue weighted by Gasteiger charge is -2.07. The number of hydrogen-bond donors (Lipinski definition) is 2. The number of aromatic nitrogens is 3. The van der Waals surface area contributed by atoms with Crippen molar-refractivity contribution in [1.29, 1.82) is 0 Å². The number of nitrogens with one attached hydrogen (secondary N) is 1. The first-order valence-corrected chi connectivity index (χ1v) is 6.32. The Morgan fingerprint density at radius 3 is 3.11 bits per heavy atom. The van der Waals surface area contributed by atoms with E-state index in [2.05, 4.69) is 30.9 Å². The summed E-state index contributed by atoms with van der Waals surface area (Å²) in [5.41, 5.74) is 1.41. The number of imidazole rings is 1. The molecule has 1 saturated heterocycles. The van der Waals surface area contributed by atoms with E-state index in [9.17, 15) is 4.79 Å². The molecule has 7 heteroatoms. The quantitative estimate of drug-likeness (QED) is 0.886. The predicted octanol–water partition coefficient (Wildman–Crippen LogP) is 2.03. The Balaban J connectivity index is 1.89. The minimum atomic E-state index is -0.922. The molecule has 6 nitrogen and oxygen atoms in total. The number of carboxylic acid groups (broad SMARTS) is 1. The van der Waals surface area contributed by atoms with Crippen molar-refractivity contribution in [2.75, 3.05) is 0 Å². The van der Waals surface area contributed by atoms with Crippen molar-refractivity contribution in [3.05, 3.63) is 22.6 Å². The van der Waals surface area contributed by atoms with Crippen LogP contribution >= 0.6 is 15.9 Å². The lowest BCUT2D eigenvalue weighted by Crippen LogP contribution is -2.18. The molecule has 2 aromatic rings. The van der Waals surface area contributed by atoms with Crippen molar-refractivity contribution >= 4 is 33.1 Å². The summed E-state index contributed by atoms with van der Waals surface area (Å²) in [6, 6.07) is 1.88.